The van der Waals surface area contributed by atoms with E-state index >= 15 is 0 Å². The number of halogens is 1. The molecule has 2 N–H and O–H groups in total. The van der Waals surface area contributed by atoms with Gasteiger partial charge in [0.15, 0.2) is 0 Å². The van der Waals surface area contributed by atoms with Crippen molar-refractivity contribution in [1.82, 2.24) is 5.32 Å². The average Bonchev–Trinajstić information content (AvgIpc) is 2.18. The fraction of sp³-hybridized carbons (Fsp3) is 0.200. The molecule has 0 fully saturated rings. The van der Waals surface area contributed by atoms with Crippen LogP contribution in [0.15, 0.2) is 28.7 Å². The molecule has 0 saturated carbocycles. The van der Waals surface area contributed by atoms with Crippen LogP contribution in [0.5, 0.6) is 0 Å². The lowest BCUT2D eigenvalue weighted by atomic mass is 10.2. The van der Waals surface area contributed by atoms with E-state index in [4.69, 9.17) is 5.11 Å². The molecule has 0 aromatic heterocycles. The fourth-order valence-corrected chi connectivity index (χ4v) is 1.25. The van der Waals surface area contributed by atoms with Gasteiger partial charge in [-0.05, 0) is 24.3 Å². The second kappa shape index (κ2) is 5.50. The first-order valence-corrected chi connectivity index (χ1v) is 5.14. The maximum atomic E-state index is 11.4. The van der Waals surface area contributed by atoms with E-state index in [9.17, 15) is 9.59 Å². The van der Waals surface area contributed by atoms with E-state index in [1.807, 2.05) is 0 Å². The second-order valence-corrected chi connectivity index (χ2v) is 3.82. The lowest BCUT2D eigenvalue weighted by Gasteiger charge is -2.03. The van der Waals surface area contributed by atoms with Gasteiger partial charge in [-0.15, -0.1) is 0 Å². The van der Waals surface area contributed by atoms with Gasteiger partial charge in [0.2, 0.25) is 0 Å². The summed E-state index contributed by atoms with van der Waals surface area (Å²) in [6, 6.07) is 6.85. The molecule has 0 unspecified atom stereocenters. The molecule has 4 nitrogen and oxygen atoms in total. The standard InChI is InChI=1S/C10H10BrNO3/c11-8-3-1-7(2-4-8)10(15)12-6-5-9(13)14/h1-4H,5-6H2,(H,12,15)(H,13,14). The van der Waals surface area contributed by atoms with Crippen LogP contribution in [0.25, 0.3) is 0 Å². The van der Waals surface area contributed by atoms with Crippen molar-refractivity contribution in [2.75, 3.05) is 6.54 Å². The number of nitrogens with one attached hydrogen (secondary N) is 1. The summed E-state index contributed by atoms with van der Waals surface area (Å²) in [6.45, 7) is 0.143. The van der Waals surface area contributed by atoms with Crippen molar-refractivity contribution in [2.24, 2.45) is 0 Å². The van der Waals surface area contributed by atoms with Gasteiger partial charge in [0.1, 0.15) is 0 Å². The van der Waals surface area contributed by atoms with Crippen LogP contribution in [0.1, 0.15) is 16.8 Å². The number of hydrogen-bond acceptors (Lipinski definition) is 2. The zero-order valence-electron chi connectivity index (χ0n) is 7.87. The molecule has 0 bridgehead atoms. The van der Waals surface area contributed by atoms with Gasteiger partial charge >= 0.3 is 5.97 Å². The summed E-state index contributed by atoms with van der Waals surface area (Å²) in [5.74, 6) is -1.19. The summed E-state index contributed by atoms with van der Waals surface area (Å²) in [4.78, 5) is 21.6. The molecule has 1 amide bonds. The van der Waals surface area contributed by atoms with Gasteiger partial charge in [0, 0.05) is 16.6 Å². The van der Waals surface area contributed by atoms with Crippen molar-refractivity contribution >= 4 is 27.8 Å². The van der Waals surface area contributed by atoms with Crippen LogP contribution in [0.2, 0.25) is 0 Å². The molecule has 0 heterocycles. The molecule has 0 aliphatic rings. The highest BCUT2D eigenvalue weighted by molar-refractivity contribution is 9.10. The van der Waals surface area contributed by atoms with Gasteiger partial charge in [-0.2, -0.15) is 0 Å². The van der Waals surface area contributed by atoms with Gasteiger partial charge in [-0.25, -0.2) is 0 Å². The third kappa shape index (κ3) is 4.12. The zero-order chi connectivity index (χ0) is 11.3. The Bertz CT molecular complexity index is 361. The van der Waals surface area contributed by atoms with E-state index in [0.29, 0.717) is 5.56 Å². The predicted octanol–water partition coefficient (Wildman–Crippen LogP) is 1.65. The molecule has 0 radical (unpaired) electrons. The molecule has 1 aromatic rings. The Morgan fingerprint density at radius 3 is 2.40 bits per heavy atom. The molecule has 1 rings (SSSR count). The van der Waals surface area contributed by atoms with E-state index in [1.165, 1.54) is 0 Å². The van der Waals surface area contributed by atoms with Gasteiger partial charge in [0.05, 0.1) is 6.42 Å². The lowest BCUT2D eigenvalue weighted by molar-refractivity contribution is -0.136. The molecule has 0 saturated heterocycles. The molecule has 80 valence electrons. The van der Waals surface area contributed by atoms with Gasteiger partial charge in [0.25, 0.3) is 5.91 Å². The molecule has 15 heavy (non-hydrogen) atoms. The van der Waals surface area contributed by atoms with Crippen molar-refractivity contribution in [3.63, 3.8) is 0 Å². The molecule has 5 heteroatoms. The Kier molecular flexibility index (Phi) is 4.30. The summed E-state index contributed by atoms with van der Waals surface area (Å²) in [5, 5.41) is 10.9. The van der Waals surface area contributed by atoms with E-state index < -0.39 is 5.97 Å². The summed E-state index contributed by atoms with van der Waals surface area (Å²) < 4.78 is 0.893. The third-order valence-corrected chi connectivity index (χ3v) is 2.26. The minimum absolute atomic E-state index is 0.0672. The van der Waals surface area contributed by atoms with Crippen molar-refractivity contribution in [3.05, 3.63) is 34.3 Å². The zero-order valence-corrected chi connectivity index (χ0v) is 9.45. The summed E-state index contributed by atoms with van der Waals surface area (Å²) >= 11 is 3.26. The monoisotopic (exact) mass is 271 g/mol. The highest BCUT2D eigenvalue weighted by atomic mass is 79.9. The minimum atomic E-state index is -0.925. The van der Waals surface area contributed by atoms with Crippen LogP contribution >= 0.6 is 15.9 Å². The van der Waals surface area contributed by atoms with Crippen LogP contribution in [-0.2, 0) is 4.79 Å². The van der Waals surface area contributed by atoms with Gasteiger partial charge in [-0.3, -0.25) is 9.59 Å². The van der Waals surface area contributed by atoms with Gasteiger partial charge in [-0.1, -0.05) is 15.9 Å². The van der Waals surface area contributed by atoms with E-state index in [0.717, 1.165) is 4.47 Å². The van der Waals surface area contributed by atoms with E-state index in [-0.39, 0.29) is 18.9 Å². The number of carboxylic acids is 1. The van der Waals surface area contributed by atoms with Crippen LogP contribution in [-0.4, -0.2) is 23.5 Å². The van der Waals surface area contributed by atoms with Crippen LogP contribution in [0, 0.1) is 0 Å². The van der Waals surface area contributed by atoms with Crippen molar-refractivity contribution < 1.29 is 14.7 Å². The quantitative estimate of drug-likeness (QED) is 0.875. The van der Waals surface area contributed by atoms with Crippen molar-refractivity contribution in [3.8, 4) is 0 Å². The number of carboxylic acid groups (broad SMARTS) is 1. The Balaban J connectivity index is 2.47. The maximum absolute atomic E-state index is 11.4. The average molecular weight is 272 g/mol. The van der Waals surface area contributed by atoms with Gasteiger partial charge < -0.3 is 10.4 Å². The maximum Gasteiger partial charge on any atom is 0.305 e. The van der Waals surface area contributed by atoms with E-state index in [1.54, 1.807) is 24.3 Å². The van der Waals surface area contributed by atoms with E-state index in [2.05, 4.69) is 21.2 Å². The minimum Gasteiger partial charge on any atom is -0.481 e. The molecule has 0 spiro atoms. The first-order valence-electron chi connectivity index (χ1n) is 4.35. The smallest absolute Gasteiger partial charge is 0.305 e. The first-order chi connectivity index (χ1) is 7.09. The Labute approximate surface area is 95.4 Å². The molecule has 0 aliphatic heterocycles. The second-order valence-electron chi connectivity index (χ2n) is 2.91. The van der Waals surface area contributed by atoms with Crippen LogP contribution < -0.4 is 5.32 Å². The summed E-state index contributed by atoms with van der Waals surface area (Å²) in [6.07, 6.45) is -0.0672. The highest BCUT2D eigenvalue weighted by Crippen LogP contribution is 2.10. The molecule has 0 aliphatic carbocycles. The number of carbonyl (C=O) groups excluding carboxylic acids is 1. The summed E-state index contributed by atoms with van der Waals surface area (Å²) in [7, 11) is 0. The Hall–Kier alpha value is -1.36. The van der Waals surface area contributed by atoms with Crippen molar-refractivity contribution in [1.29, 1.82) is 0 Å². The normalized spacial score (nSPS) is 9.67. The number of amides is 1. The lowest BCUT2D eigenvalue weighted by Crippen LogP contribution is -2.25. The van der Waals surface area contributed by atoms with Crippen LogP contribution in [0.3, 0.4) is 0 Å². The number of rotatable bonds is 4. The first kappa shape index (κ1) is 11.7. The number of aliphatic carboxylic acids is 1. The SMILES string of the molecule is O=C(O)CCNC(=O)c1ccc(Br)cc1. The Morgan fingerprint density at radius 1 is 1.27 bits per heavy atom. The highest BCUT2D eigenvalue weighted by Gasteiger charge is 2.05. The largest absolute Gasteiger partial charge is 0.481 e. The predicted molar refractivity (Wildman–Crippen MR) is 58.7 cm³/mol. The third-order valence-electron chi connectivity index (χ3n) is 1.73. The number of carbonyl (C=O) groups is 2. The fourth-order valence-electron chi connectivity index (χ4n) is 0.986. The molecular formula is C10H10BrNO3. The molecule has 0 atom stereocenters. The molecule has 1 aromatic carbocycles. The summed E-state index contributed by atoms with van der Waals surface area (Å²) in [5.41, 5.74) is 0.517. The number of hydrogen-bond donors (Lipinski definition) is 2. The topological polar surface area (TPSA) is 66.4 Å². The van der Waals surface area contributed by atoms with Crippen molar-refractivity contribution in [2.45, 2.75) is 6.42 Å². The number of benzene rings is 1. The van der Waals surface area contributed by atoms with Crippen LogP contribution in [0.4, 0.5) is 0 Å². The molecular weight excluding hydrogens is 262 g/mol. The Morgan fingerprint density at radius 2 is 1.87 bits per heavy atom.